The predicted octanol–water partition coefficient (Wildman–Crippen LogP) is 1.25. The maximum Gasteiger partial charge on any atom is 0.408 e. The molecular weight excluding hydrogens is 260 g/mol. The van der Waals surface area contributed by atoms with E-state index in [-0.39, 0.29) is 5.91 Å². The summed E-state index contributed by atoms with van der Waals surface area (Å²) >= 11 is 0. The Hall–Kier alpha value is -2.18. The maximum atomic E-state index is 12.0. The number of ether oxygens (including phenoxy) is 1. The van der Waals surface area contributed by atoms with Crippen LogP contribution >= 0.6 is 0 Å². The van der Waals surface area contributed by atoms with E-state index in [0.29, 0.717) is 18.5 Å². The highest BCUT2D eigenvalue weighted by atomic mass is 16.6. The number of aromatic nitrogens is 2. The van der Waals surface area contributed by atoms with Gasteiger partial charge in [-0.2, -0.15) is 0 Å². The van der Waals surface area contributed by atoms with Gasteiger partial charge in [0.25, 0.3) is 0 Å². The second-order valence-electron chi connectivity index (χ2n) is 5.61. The third-order valence-electron chi connectivity index (χ3n) is 2.73. The molecule has 2 N–H and O–H groups in total. The number of anilines is 1. The first-order valence-electron chi connectivity index (χ1n) is 6.44. The average molecular weight is 278 g/mol. The fourth-order valence-electron chi connectivity index (χ4n) is 1.88. The van der Waals surface area contributed by atoms with E-state index in [1.165, 1.54) is 6.33 Å². The first kappa shape index (κ1) is 14.2. The lowest BCUT2D eigenvalue weighted by molar-refractivity contribution is -0.118. The van der Waals surface area contributed by atoms with Crippen LogP contribution in [0.1, 0.15) is 32.9 Å². The molecule has 0 saturated carbocycles. The zero-order chi connectivity index (χ0) is 14.8. The summed E-state index contributed by atoms with van der Waals surface area (Å²) in [5, 5.41) is 5.29. The van der Waals surface area contributed by atoms with Gasteiger partial charge >= 0.3 is 6.09 Å². The molecule has 1 atom stereocenters. The Bertz CT molecular complexity index is 525. The molecule has 7 heteroatoms. The van der Waals surface area contributed by atoms with Gasteiger partial charge in [-0.15, -0.1) is 0 Å². The molecule has 1 aromatic rings. The van der Waals surface area contributed by atoms with Gasteiger partial charge in [-0.3, -0.25) is 4.79 Å². The van der Waals surface area contributed by atoms with Crippen molar-refractivity contribution < 1.29 is 14.3 Å². The Balaban J connectivity index is 2.02. The number of amides is 2. The number of carbonyl (C=O) groups excluding carboxylic acids is 2. The first-order valence-corrected chi connectivity index (χ1v) is 6.44. The van der Waals surface area contributed by atoms with Crippen LogP contribution in [0.25, 0.3) is 0 Å². The highest BCUT2D eigenvalue weighted by Crippen LogP contribution is 2.18. The topological polar surface area (TPSA) is 93.2 Å². The number of carbonyl (C=O) groups is 2. The summed E-state index contributed by atoms with van der Waals surface area (Å²) < 4.78 is 5.15. The molecule has 2 heterocycles. The van der Waals surface area contributed by atoms with Gasteiger partial charge in [-0.25, -0.2) is 14.8 Å². The monoisotopic (exact) mass is 278 g/mol. The third kappa shape index (κ3) is 3.66. The minimum atomic E-state index is -0.640. The largest absolute Gasteiger partial charge is 0.444 e. The molecule has 108 valence electrons. The molecule has 7 nitrogen and oxygen atoms in total. The van der Waals surface area contributed by atoms with Crippen LogP contribution in [0, 0.1) is 0 Å². The summed E-state index contributed by atoms with van der Waals surface area (Å²) in [5.74, 6) is -0.288. The lowest BCUT2D eigenvalue weighted by Crippen LogP contribution is -2.45. The van der Waals surface area contributed by atoms with E-state index >= 15 is 0 Å². The van der Waals surface area contributed by atoms with Crippen molar-refractivity contribution in [2.24, 2.45) is 0 Å². The van der Waals surface area contributed by atoms with Crippen LogP contribution in [0.4, 0.5) is 10.5 Å². The van der Waals surface area contributed by atoms with E-state index < -0.39 is 17.7 Å². The molecule has 2 amide bonds. The molecule has 0 fully saturated rings. The van der Waals surface area contributed by atoms with Gasteiger partial charge in [-0.1, -0.05) is 0 Å². The van der Waals surface area contributed by atoms with Crippen molar-refractivity contribution in [3.8, 4) is 0 Å². The van der Waals surface area contributed by atoms with Gasteiger partial charge in [0.15, 0.2) is 0 Å². The normalized spacial score (nSPS) is 18.6. The minimum Gasteiger partial charge on any atom is -0.444 e. The molecular formula is C13H18N4O3. The van der Waals surface area contributed by atoms with Gasteiger partial charge in [0, 0.05) is 0 Å². The first-order chi connectivity index (χ1) is 9.35. The van der Waals surface area contributed by atoms with Gasteiger partial charge in [0.05, 0.1) is 17.6 Å². The fraction of sp³-hybridized carbons (Fsp3) is 0.538. The minimum absolute atomic E-state index is 0.288. The van der Waals surface area contributed by atoms with Crippen molar-refractivity contribution in [2.75, 3.05) is 5.32 Å². The smallest absolute Gasteiger partial charge is 0.408 e. The maximum absolute atomic E-state index is 12.0. The molecule has 0 unspecified atom stereocenters. The van der Waals surface area contributed by atoms with Crippen molar-refractivity contribution in [3.05, 3.63) is 18.2 Å². The number of aryl methyl sites for hydroxylation is 1. The summed E-state index contributed by atoms with van der Waals surface area (Å²) in [6.45, 7) is 5.31. The predicted molar refractivity (Wildman–Crippen MR) is 72.1 cm³/mol. The van der Waals surface area contributed by atoms with E-state index in [1.54, 1.807) is 27.0 Å². The van der Waals surface area contributed by atoms with Crippen LogP contribution in [0.15, 0.2) is 12.5 Å². The van der Waals surface area contributed by atoms with Crippen LogP contribution in [0.3, 0.4) is 0 Å². The molecule has 0 saturated heterocycles. The summed E-state index contributed by atoms with van der Waals surface area (Å²) in [6, 6.07) is -0.640. The summed E-state index contributed by atoms with van der Waals surface area (Å²) in [5.41, 5.74) is 0.757. The van der Waals surface area contributed by atoms with E-state index in [1.807, 2.05) is 0 Å². The molecule has 1 aliphatic heterocycles. The van der Waals surface area contributed by atoms with Crippen molar-refractivity contribution in [1.82, 2.24) is 15.3 Å². The van der Waals surface area contributed by atoms with Gasteiger partial charge in [0.2, 0.25) is 5.91 Å². The summed E-state index contributed by atoms with van der Waals surface area (Å²) in [6.07, 6.45) is 3.43. The zero-order valence-electron chi connectivity index (χ0n) is 11.8. The van der Waals surface area contributed by atoms with Crippen LogP contribution in [0.2, 0.25) is 0 Å². The Morgan fingerprint density at radius 3 is 2.95 bits per heavy atom. The Morgan fingerprint density at radius 1 is 1.50 bits per heavy atom. The zero-order valence-corrected chi connectivity index (χ0v) is 11.8. The van der Waals surface area contributed by atoms with E-state index in [0.717, 1.165) is 5.69 Å². The molecule has 20 heavy (non-hydrogen) atoms. The number of fused-ring (bicyclic) bond motifs is 1. The second kappa shape index (κ2) is 5.44. The van der Waals surface area contributed by atoms with Crippen LogP contribution in [0.5, 0.6) is 0 Å². The van der Waals surface area contributed by atoms with E-state index in [9.17, 15) is 9.59 Å². The number of nitrogens with zero attached hydrogens (tertiary/aromatic N) is 2. The van der Waals surface area contributed by atoms with Gasteiger partial charge < -0.3 is 15.4 Å². The molecule has 0 aliphatic carbocycles. The number of nitrogens with one attached hydrogen (secondary N) is 2. The standard InChI is InChI=1S/C13H18N4O3/c1-13(2,3)20-12(19)17-9-5-4-8-10(16-11(9)18)6-14-7-15-8/h6-7,9H,4-5H2,1-3H3,(H,16,18)(H,17,19)/t9-/m0/s1. The van der Waals surface area contributed by atoms with Gasteiger partial charge in [-0.05, 0) is 33.6 Å². The lowest BCUT2D eigenvalue weighted by atomic mass is 10.1. The highest BCUT2D eigenvalue weighted by molar-refractivity contribution is 5.97. The molecule has 0 aromatic carbocycles. The fourth-order valence-corrected chi connectivity index (χ4v) is 1.88. The number of alkyl carbamates (subject to hydrolysis) is 1. The number of hydrogen-bond acceptors (Lipinski definition) is 5. The molecule has 0 radical (unpaired) electrons. The molecule has 0 bridgehead atoms. The van der Waals surface area contributed by atoms with Crippen molar-refractivity contribution in [2.45, 2.75) is 45.3 Å². The SMILES string of the molecule is CC(C)(C)OC(=O)N[C@H]1CCc2ncncc2NC1=O. The Morgan fingerprint density at radius 2 is 2.25 bits per heavy atom. The molecule has 1 aromatic heterocycles. The summed E-state index contributed by atoms with van der Waals surface area (Å²) in [4.78, 5) is 31.7. The number of rotatable bonds is 1. The van der Waals surface area contributed by atoms with Crippen LogP contribution in [-0.4, -0.2) is 33.6 Å². The molecule has 2 rings (SSSR count). The highest BCUT2D eigenvalue weighted by Gasteiger charge is 2.27. The average Bonchev–Trinajstić information content (AvgIpc) is 2.47. The quantitative estimate of drug-likeness (QED) is 0.806. The lowest BCUT2D eigenvalue weighted by Gasteiger charge is -2.22. The third-order valence-corrected chi connectivity index (χ3v) is 2.73. The molecule has 1 aliphatic rings. The Labute approximate surface area is 117 Å². The van der Waals surface area contributed by atoms with Gasteiger partial charge in [0.1, 0.15) is 18.0 Å². The Kier molecular flexibility index (Phi) is 3.87. The summed E-state index contributed by atoms with van der Waals surface area (Å²) in [7, 11) is 0. The van der Waals surface area contributed by atoms with Crippen molar-refractivity contribution in [3.63, 3.8) is 0 Å². The van der Waals surface area contributed by atoms with Crippen molar-refractivity contribution >= 4 is 17.7 Å². The number of hydrogen-bond donors (Lipinski definition) is 2. The van der Waals surface area contributed by atoms with Crippen molar-refractivity contribution in [1.29, 1.82) is 0 Å². The van der Waals surface area contributed by atoms with Crippen LogP contribution in [-0.2, 0) is 16.0 Å². The van der Waals surface area contributed by atoms with E-state index in [2.05, 4.69) is 20.6 Å². The molecule has 0 spiro atoms. The van der Waals surface area contributed by atoms with E-state index in [4.69, 9.17) is 4.74 Å². The van der Waals surface area contributed by atoms with Crippen LogP contribution < -0.4 is 10.6 Å². The second-order valence-corrected chi connectivity index (χ2v) is 5.61.